The minimum absolute atomic E-state index is 0.241. The van der Waals surface area contributed by atoms with Crippen LogP contribution in [0.15, 0.2) is 24.3 Å². The van der Waals surface area contributed by atoms with Crippen LogP contribution in [0.1, 0.15) is 122 Å². The Kier molecular flexibility index (Phi) is 26.3. The highest BCUT2D eigenvalue weighted by Gasteiger charge is 2.26. The van der Waals surface area contributed by atoms with Gasteiger partial charge in [-0.15, -0.1) is 0 Å². The van der Waals surface area contributed by atoms with Crippen molar-refractivity contribution in [2.75, 3.05) is 19.8 Å². The van der Waals surface area contributed by atoms with Gasteiger partial charge in [0.25, 0.3) is 0 Å². The van der Waals surface area contributed by atoms with Crippen LogP contribution in [0.5, 0.6) is 0 Å². The Balaban J connectivity index is 3.53. The summed E-state index contributed by atoms with van der Waals surface area (Å²) in [5.41, 5.74) is 5.17. The molecule has 0 amide bonds. The number of carbonyl (C=O) groups excluding carboxylic acids is 1. The Bertz CT molecular complexity index is 760. The Labute approximate surface area is 247 Å². The van der Waals surface area contributed by atoms with Crippen molar-refractivity contribution in [2.24, 2.45) is 5.73 Å². The van der Waals surface area contributed by atoms with E-state index in [0.717, 1.165) is 32.1 Å². The normalized spacial score (nSPS) is 14.8. The summed E-state index contributed by atoms with van der Waals surface area (Å²) in [4.78, 5) is 31.8. The summed E-state index contributed by atoms with van der Waals surface area (Å²) in [5.74, 6) is -1.85. The Morgan fingerprint density at radius 3 is 1.78 bits per heavy atom. The number of nitrogens with two attached hydrogens (primary N) is 1. The molecule has 0 rings (SSSR count). The molecule has 0 aliphatic rings. The first-order valence-corrected chi connectivity index (χ1v) is 16.9. The zero-order chi connectivity index (χ0) is 30.6. The van der Waals surface area contributed by atoms with Crippen molar-refractivity contribution in [3.8, 4) is 0 Å². The predicted molar refractivity (Wildman–Crippen MR) is 161 cm³/mol. The Morgan fingerprint density at radius 2 is 1.24 bits per heavy atom. The minimum atomic E-state index is -4.59. The van der Waals surface area contributed by atoms with Crippen molar-refractivity contribution in [1.29, 1.82) is 0 Å². The van der Waals surface area contributed by atoms with Gasteiger partial charge < -0.3 is 25.6 Å². The largest absolute Gasteiger partial charge is 0.480 e. The zero-order valence-corrected chi connectivity index (χ0v) is 26.0. The van der Waals surface area contributed by atoms with Crippen LogP contribution >= 0.6 is 7.82 Å². The molecule has 0 heterocycles. The molecule has 3 unspecified atom stereocenters. The number of hydrogen-bond donors (Lipinski definition) is 4. The lowest BCUT2D eigenvalue weighted by Crippen LogP contribution is -2.34. The molecular weight excluding hydrogens is 549 g/mol. The predicted octanol–water partition coefficient (Wildman–Crippen LogP) is 6.59. The maximum absolute atomic E-state index is 11.8. The fourth-order valence-corrected chi connectivity index (χ4v) is 4.70. The maximum atomic E-state index is 11.8. The number of esters is 1. The number of carboxylic acids is 1. The number of carboxylic acid groups (broad SMARTS) is 1. The standard InChI is InChI=1S/C30H56NO9P/c1-2-3-4-5-6-7-8-9-10-11-12-13-14-15-16-17-18-19-20-21-22-23-29(33)38-24-27(32)25-39-41(36,37)40-26-28(31)30(34)35/h8-9,11-12,27-28,32H,2-7,10,13-26,31H2,1H3,(H,34,35)(H,36,37)/b9-8-,12-11-. The van der Waals surface area contributed by atoms with Gasteiger partial charge >= 0.3 is 19.8 Å². The van der Waals surface area contributed by atoms with Crippen LogP contribution in [0.2, 0.25) is 0 Å². The molecule has 0 aromatic heterocycles. The van der Waals surface area contributed by atoms with E-state index in [2.05, 4.69) is 40.3 Å². The molecule has 0 aromatic rings. The summed E-state index contributed by atoms with van der Waals surface area (Å²) in [5, 5.41) is 18.4. The molecule has 41 heavy (non-hydrogen) atoms. The molecular formula is C30H56NO9P. The molecule has 0 fully saturated rings. The van der Waals surface area contributed by atoms with Crippen LogP contribution in [0, 0.1) is 0 Å². The van der Waals surface area contributed by atoms with Crippen LogP contribution in [0.25, 0.3) is 0 Å². The average molecular weight is 606 g/mol. The van der Waals surface area contributed by atoms with E-state index in [9.17, 15) is 24.2 Å². The number of unbranched alkanes of at least 4 members (excludes halogenated alkanes) is 14. The van der Waals surface area contributed by atoms with E-state index in [1.54, 1.807) is 0 Å². The molecule has 3 atom stereocenters. The quantitative estimate of drug-likeness (QED) is 0.0316. The third kappa shape index (κ3) is 28.3. The molecule has 0 saturated carbocycles. The van der Waals surface area contributed by atoms with Crippen molar-refractivity contribution in [2.45, 2.75) is 135 Å². The summed E-state index contributed by atoms with van der Waals surface area (Å²) in [7, 11) is -4.59. The van der Waals surface area contributed by atoms with Crippen LogP contribution in [0.4, 0.5) is 0 Å². The fourth-order valence-electron chi connectivity index (χ4n) is 3.91. The lowest BCUT2D eigenvalue weighted by Gasteiger charge is -2.16. The van der Waals surface area contributed by atoms with Gasteiger partial charge in [0.05, 0.1) is 13.2 Å². The Hall–Kier alpha value is -1.55. The second-order valence-electron chi connectivity index (χ2n) is 10.4. The highest BCUT2D eigenvalue weighted by Crippen LogP contribution is 2.43. The molecule has 0 radical (unpaired) electrons. The third-order valence-corrected chi connectivity index (χ3v) is 7.38. The minimum Gasteiger partial charge on any atom is -0.480 e. The number of allylic oxidation sites excluding steroid dienone is 4. The smallest absolute Gasteiger partial charge is 0.472 e. The fraction of sp³-hybridized carbons (Fsp3) is 0.800. The highest BCUT2D eigenvalue weighted by atomic mass is 31.2. The van der Waals surface area contributed by atoms with Gasteiger partial charge in [0.15, 0.2) is 0 Å². The maximum Gasteiger partial charge on any atom is 0.472 e. The first kappa shape index (κ1) is 39.5. The lowest BCUT2D eigenvalue weighted by molar-refractivity contribution is -0.147. The molecule has 0 aliphatic carbocycles. The molecule has 5 N–H and O–H groups in total. The number of carbonyl (C=O) groups is 2. The molecule has 0 saturated heterocycles. The number of aliphatic hydroxyl groups excluding tert-OH is 1. The van der Waals surface area contributed by atoms with E-state index < -0.39 is 45.1 Å². The number of hydrogen-bond acceptors (Lipinski definition) is 8. The van der Waals surface area contributed by atoms with Crippen molar-refractivity contribution in [1.82, 2.24) is 0 Å². The molecule has 11 heteroatoms. The SMILES string of the molecule is CCCCCCC/C=C\C/C=C\CCCCCCCCCCCC(=O)OCC(O)COP(=O)(O)OCC(N)C(=O)O. The van der Waals surface area contributed by atoms with E-state index >= 15 is 0 Å². The number of aliphatic hydroxyl groups is 1. The number of rotatable bonds is 29. The number of phosphoric ester groups is 1. The van der Waals surface area contributed by atoms with Gasteiger partial charge in [-0.2, -0.15) is 0 Å². The van der Waals surface area contributed by atoms with Gasteiger partial charge in [0.2, 0.25) is 0 Å². The summed E-state index contributed by atoms with van der Waals surface area (Å²) in [6, 6.07) is -1.49. The van der Waals surface area contributed by atoms with Crippen molar-refractivity contribution in [3.05, 3.63) is 24.3 Å². The van der Waals surface area contributed by atoms with Gasteiger partial charge in [-0.05, 0) is 38.5 Å². The number of phosphoric acid groups is 1. The van der Waals surface area contributed by atoms with Crippen molar-refractivity contribution in [3.63, 3.8) is 0 Å². The van der Waals surface area contributed by atoms with Crippen LogP contribution in [-0.2, 0) is 27.9 Å². The first-order chi connectivity index (χ1) is 19.7. The van der Waals surface area contributed by atoms with Crippen molar-refractivity contribution < 1.29 is 43.0 Å². The van der Waals surface area contributed by atoms with E-state index in [4.69, 9.17) is 15.6 Å². The van der Waals surface area contributed by atoms with Crippen LogP contribution < -0.4 is 5.73 Å². The second kappa shape index (κ2) is 27.3. The van der Waals surface area contributed by atoms with Gasteiger partial charge in [-0.1, -0.05) is 102 Å². The van der Waals surface area contributed by atoms with Crippen molar-refractivity contribution >= 4 is 19.8 Å². The molecule has 0 spiro atoms. The highest BCUT2D eigenvalue weighted by molar-refractivity contribution is 7.47. The third-order valence-electron chi connectivity index (χ3n) is 6.43. The van der Waals surface area contributed by atoms with E-state index in [0.29, 0.717) is 6.42 Å². The number of aliphatic carboxylic acids is 1. The molecule has 0 bridgehead atoms. The molecule has 0 aliphatic heterocycles. The summed E-state index contributed by atoms with van der Waals surface area (Å²) >= 11 is 0. The monoisotopic (exact) mass is 605 g/mol. The van der Waals surface area contributed by atoms with Gasteiger partial charge in [0.1, 0.15) is 18.8 Å². The van der Waals surface area contributed by atoms with Gasteiger partial charge in [0, 0.05) is 6.42 Å². The van der Waals surface area contributed by atoms with Crippen LogP contribution in [0.3, 0.4) is 0 Å². The molecule has 240 valence electrons. The summed E-state index contributed by atoms with van der Waals surface area (Å²) in [6.45, 7) is 0.498. The Morgan fingerprint density at radius 1 is 0.756 bits per heavy atom. The summed E-state index contributed by atoms with van der Waals surface area (Å²) in [6.07, 6.45) is 28.3. The van der Waals surface area contributed by atoms with Crippen LogP contribution in [-0.4, -0.2) is 59.0 Å². The van der Waals surface area contributed by atoms with E-state index in [1.807, 2.05) is 0 Å². The first-order valence-electron chi connectivity index (χ1n) is 15.4. The zero-order valence-electron chi connectivity index (χ0n) is 25.1. The molecule has 10 nitrogen and oxygen atoms in total. The van der Waals surface area contributed by atoms with E-state index in [1.165, 1.54) is 70.6 Å². The summed E-state index contributed by atoms with van der Waals surface area (Å²) < 4.78 is 25.6. The topological polar surface area (TPSA) is 166 Å². The molecule has 0 aromatic carbocycles. The van der Waals surface area contributed by atoms with Gasteiger partial charge in [-0.25, -0.2) is 4.57 Å². The van der Waals surface area contributed by atoms with E-state index in [-0.39, 0.29) is 13.0 Å². The number of ether oxygens (including phenoxy) is 1. The average Bonchev–Trinajstić information content (AvgIpc) is 2.94. The van der Waals surface area contributed by atoms with Gasteiger partial charge in [-0.3, -0.25) is 18.6 Å². The second-order valence-corrected chi connectivity index (χ2v) is 11.9. The lowest BCUT2D eigenvalue weighted by atomic mass is 10.1.